The Balaban J connectivity index is 1.58. The molecule has 4 rings (SSSR count). The van der Waals surface area contributed by atoms with Gasteiger partial charge in [-0.25, -0.2) is 9.07 Å². The molecule has 1 aromatic heterocycles. The maximum absolute atomic E-state index is 13.5. The van der Waals surface area contributed by atoms with Gasteiger partial charge in [0, 0.05) is 6.07 Å². The van der Waals surface area contributed by atoms with Gasteiger partial charge in [-0.2, -0.15) is 0 Å². The lowest BCUT2D eigenvalue weighted by Gasteiger charge is -2.17. The van der Waals surface area contributed by atoms with Crippen molar-refractivity contribution in [3.8, 4) is 16.8 Å². The fourth-order valence-corrected chi connectivity index (χ4v) is 3.78. The maximum atomic E-state index is 13.5. The van der Waals surface area contributed by atoms with E-state index in [9.17, 15) is 23.9 Å². The molecule has 3 N–H and O–H groups in total. The summed E-state index contributed by atoms with van der Waals surface area (Å²) in [7, 11) is 0. The summed E-state index contributed by atoms with van der Waals surface area (Å²) in [5.41, 5.74) is 1.80. The van der Waals surface area contributed by atoms with Crippen LogP contribution in [0.1, 0.15) is 28.5 Å². The maximum Gasteiger partial charge on any atom is 0.305 e. The number of hydrogen-bond acceptors (Lipinski definition) is 3. The fourth-order valence-electron chi connectivity index (χ4n) is 3.56. The summed E-state index contributed by atoms with van der Waals surface area (Å²) in [5.74, 6) is -2.12. The van der Waals surface area contributed by atoms with Crippen LogP contribution < -0.4 is 10.9 Å². The van der Waals surface area contributed by atoms with Gasteiger partial charge in [-0.15, -0.1) is 0 Å². The van der Waals surface area contributed by atoms with E-state index in [1.165, 1.54) is 12.1 Å². The minimum absolute atomic E-state index is 0.0447. The van der Waals surface area contributed by atoms with Crippen molar-refractivity contribution in [1.29, 1.82) is 0 Å². The van der Waals surface area contributed by atoms with Gasteiger partial charge >= 0.3 is 5.97 Å². The number of carbonyl (C=O) groups excluding carboxylic acids is 1. The first-order valence-corrected chi connectivity index (χ1v) is 10.6. The SMILES string of the molecule is O=C(O)CC(NC(=O)c1cc(=O)n(-c2ccccc2Cl)[nH]1)c1ccc(-c2cccc(F)c2)cc1. The van der Waals surface area contributed by atoms with Crippen LogP contribution in [0.5, 0.6) is 0 Å². The van der Waals surface area contributed by atoms with Crippen molar-refractivity contribution in [3.63, 3.8) is 0 Å². The van der Waals surface area contributed by atoms with Crippen molar-refractivity contribution < 1.29 is 19.1 Å². The van der Waals surface area contributed by atoms with E-state index >= 15 is 0 Å². The van der Waals surface area contributed by atoms with Crippen LogP contribution in [0.2, 0.25) is 5.02 Å². The first-order valence-electron chi connectivity index (χ1n) is 10.3. The van der Waals surface area contributed by atoms with Crippen molar-refractivity contribution >= 4 is 23.5 Å². The molecule has 0 saturated carbocycles. The smallest absolute Gasteiger partial charge is 0.305 e. The molecule has 1 atom stereocenters. The van der Waals surface area contributed by atoms with E-state index in [0.717, 1.165) is 16.3 Å². The van der Waals surface area contributed by atoms with Gasteiger partial charge in [-0.3, -0.25) is 19.5 Å². The number of nitrogens with zero attached hydrogens (tertiary/aromatic N) is 1. The molecular formula is C25H19ClFN3O4. The van der Waals surface area contributed by atoms with E-state index in [0.29, 0.717) is 21.8 Å². The normalized spacial score (nSPS) is 11.7. The van der Waals surface area contributed by atoms with Gasteiger partial charge in [0.25, 0.3) is 11.5 Å². The van der Waals surface area contributed by atoms with Crippen LogP contribution >= 0.6 is 11.6 Å². The zero-order valence-electron chi connectivity index (χ0n) is 17.7. The highest BCUT2D eigenvalue weighted by Crippen LogP contribution is 2.24. The molecule has 0 aliphatic rings. The van der Waals surface area contributed by atoms with Crippen molar-refractivity contribution in [1.82, 2.24) is 15.1 Å². The lowest BCUT2D eigenvalue weighted by molar-refractivity contribution is -0.137. The monoisotopic (exact) mass is 479 g/mol. The predicted octanol–water partition coefficient (Wildman–Crippen LogP) is 4.57. The molecular weight excluding hydrogens is 461 g/mol. The van der Waals surface area contributed by atoms with Crippen LogP contribution in [0, 0.1) is 5.82 Å². The molecule has 7 nitrogen and oxygen atoms in total. The number of nitrogens with one attached hydrogen (secondary N) is 2. The van der Waals surface area contributed by atoms with Crippen LogP contribution in [0.4, 0.5) is 4.39 Å². The summed E-state index contributed by atoms with van der Waals surface area (Å²) >= 11 is 6.14. The molecule has 172 valence electrons. The van der Waals surface area contributed by atoms with Crippen LogP contribution in [0.3, 0.4) is 0 Å². The lowest BCUT2D eigenvalue weighted by atomic mass is 9.99. The molecule has 0 aliphatic heterocycles. The highest BCUT2D eigenvalue weighted by Gasteiger charge is 2.21. The van der Waals surface area contributed by atoms with Crippen molar-refractivity contribution in [2.24, 2.45) is 0 Å². The quantitative estimate of drug-likeness (QED) is 0.361. The van der Waals surface area contributed by atoms with Crippen LogP contribution in [-0.4, -0.2) is 26.8 Å². The number of carboxylic acid groups (broad SMARTS) is 1. The van der Waals surface area contributed by atoms with Crippen LogP contribution in [0.15, 0.2) is 83.7 Å². The summed E-state index contributed by atoms with van der Waals surface area (Å²) in [4.78, 5) is 36.7. The van der Waals surface area contributed by atoms with Gasteiger partial charge < -0.3 is 10.4 Å². The van der Waals surface area contributed by atoms with Gasteiger partial charge in [0.1, 0.15) is 11.5 Å². The second kappa shape index (κ2) is 9.76. The molecule has 0 saturated heterocycles. The molecule has 0 fully saturated rings. The van der Waals surface area contributed by atoms with Gasteiger partial charge in [0.05, 0.1) is 23.2 Å². The number of carbonyl (C=O) groups is 2. The molecule has 1 unspecified atom stereocenters. The number of aromatic nitrogens is 2. The molecule has 0 aliphatic carbocycles. The fraction of sp³-hybridized carbons (Fsp3) is 0.0800. The standard InChI is InChI=1S/C25H19ClFN3O4/c26-19-6-1-2-7-22(19)30-23(31)13-21(29-30)25(34)28-20(14-24(32)33)16-10-8-15(9-11-16)17-4-3-5-18(27)12-17/h1-13,20,29H,14H2,(H,28,34)(H,32,33). The number of rotatable bonds is 7. The highest BCUT2D eigenvalue weighted by atomic mass is 35.5. The third kappa shape index (κ3) is 5.07. The number of hydrogen-bond donors (Lipinski definition) is 3. The Labute approximate surface area is 198 Å². The van der Waals surface area contributed by atoms with E-state index in [1.54, 1.807) is 60.7 Å². The summed E-state index contributed by atoms with van der Waals surface area (Å²) < 4.78 is 14.7. The second-order valence-corrected chi connectivity index (χ2v) is 7.96. The average Bonchev–Trinajstić information content (AvgIpc) is 3.20. The topological polar surface area (TPSA) is 104 Å². The molecule has 0 radical (unpaired) electrons. The number of H-pyrrole nitrogens is 1. The van der Waals surface area contributed by atoms with Crippen LogP contribution in [-0.2, 0) is 4.79 Å². The Bertz CT molecular complexity index is 1410. The number of aromatic amines is 1. The number of para-hydroxylation sites is 1. The molecule has 1 heterocycles. The Morgan fingerprint density at radius 2 is 1.74 bits per heavy atom. The van der Waals surface area contributed by atoms with Gasteiger partial charge in [-0.05, 0) is 41.0 Å². The Kier molecular flexibility index (Phi) is 6.60. The number of carboxylic acids is 1. The Hall–Kier alpha value is -4.17. The summed E-state index contributed by atoms with van der Waals surface area (Å²) in [6.45, 7) is 0. The van der Waals surface area contributed by atoms with E-state index in [-0.39, 0.29) is 17.9 Å². The molecule has 4 aromatic rings. The van der Waals surface area contributed by atoms with E-state index < -0.39 is 23.5 Å². The molecule has 0 bridgehead atoms. The van der Waals surface area contributed by atoms with Crippen LogP contribution in [0.25, 0.3) is 16.8 Å². The molecule has 9 heteroatoms. The minimum Gasteiger partial charge on any atom is -0.481 e. The Morgan fingerprint density at radius 3 is 2.41 bits per heavy atom. The average molecular weight is 480 g/mol. The third-order valence-corrected chi connectivity index (χ3v) is 5.53. The zero-order chi connectivity index (χ0) is 24.2. The first kappa shape index (κ1) is 23.0. The van der Waals surface area contributed by atoms with Crippen molar-refractivity contribution in [2.45, 2.75) is 12.5 Å². The number of aliphatic carboxylic acids is 1. The Morgan fingerprint density at radius 1 is 1.00 bits per heavy atom. The molecule has 1 amide bonds. The van der Waals surface area contributed by atoms with Gasteiger partial charge in [0.15, 0.2) is 0 Å². The second-order valence-electron chi connectivity index (χ2n) is 7.55. The summed E-state index contributed by atoms with van der Waals surface area (Å²) in [5, 5.41) is 15.0. The van der Waals surface area contributed by atoms with E-state index in [1.807, 2.05) is 0 Å². The lowest BCUT2D eigenvalue weighted by Crippen LogP contribution is -2.30. The minimum atomic E-state index is -1.11. The summed E-state index contributed by atoms with van der Waals surface area (Å²) in [6, 6.07) is 19.8. The third-order valence-electron chi connectivity index (χ3n) is 5.21. The highest BCUT2D eigenvalue weighted by molar-refractivity contribution is 6.32. The van der Waals surface area contributed by atoms with Gasteiger partial charge in [0.2, 0.25) is 0 Å². The predicted molar refractivity (Wildman–Crippen MR) is 126 cm³/mol. The number of halogens is 2. The van der Waals surface area contributed by atoms with E-state index in [4.69, 9.17) is 11.6 Å². The van der Waals surface area contributed by atoms with Gasteiger partial charge in [-0.1, -0.05) is 60.1 Å². The largest absolute Gasteiger partial charge is 0.481 e. The molecule has 0 spiro atoms. The number of benzene rings is 3. The first-order chi connectivity index (χ1) is 16.3. The zero-order valence-corrected chi connectivity index (χ0v) is 18.4. The van der Waals surface area contributed by atoms with Crippen molar-refractivity contribution in [2.75, 3.05) is 0 Å². The number of amides is 1. The molecule has 34 heavy (non-hydrogen) atoms. The summed E-state index contributed by atoms with van der Waals surface area (Å²) in [6.07, 6.45) is -0.374. The van der Waals surface area contributed by atoms with E-state index in [2.05, 4.69) is 10.4 Å². The van der Waals surface area contributed by atoms with Crippen molar-refractivity contribution in [3.05, 3.63) is 111 Å². The molecule has 3 aromatic carbocycles.